The van der Waals surface area contributed by atoms with Crippen LogP contribution in [-0.4, -0.2) is 44.2 Å². The maximum atomic E-state index is 12.4. The molecule has 0 bridgehead atoms. The van der Waals surface area contributed by atoms with Crippen LogP contribution in [0.25, 0.3) is 0 Å². The number of ether oxygens (including phenoxy) is 2. The van der Waals surface area contributed by atoms with Gasteiger partial charge in [-0.25, -0.2) is 0 Å². The molecule has 2 aromatic carbocycles. The fourth-order valence-corrected chi connectivity index (χ4v) is 3.57. The highest BCUT2D eigenvalue weighted by molar-refractivity contribution is 5.79. The topological polar surface area (TPSA) is 50.8 Å². The number of nitrogens with zero attached hydrogens (tertiary/aromatic N) is 1. The van der Waals surface area contributed by atoms with Gasteiger partial charge in [-0.15, -0.1) is 0 Å². The molecule has 1 saturated heterocycles. The van der Waals surface area contributed by atoms with Gasteiger partial charge in [0.15, 0.2) is 0 Å². The molecule has 0 aliphatic carbocycles. The van der Waals surface area contributed by atoms with Crippen molar-refractivity contribution in [1.82, 2.24) is 10.2 Å². The maximum absolute atomic E-state index is 12.4. The summed E-state index contributed by atoms with van der Waals surface area (Å²) in [6.45, 7) is 2.88. The Hall–Kier alpha value is -2.53. The Morgan fingerprint density at radius 2 is 1.85 bits per heavy atom. The van der Waals surface area contributed by atoms with Gasteiger partial charge < -0.3 is 14.8 Å². The highest BCUT2D eigenvalue weighted by atomic mass is 16.5. The van der Waals surface area contributed by atoms with Crippen LogP contribution in [-0.2, 0) is 17.8 Å². The number of hydrogen-bond donors (Lipinski definition) is 1. The second-order valence-electron chi connectivity index (χ2n) is 6.96. The molecule has 0 atom stereocenters. The Bertz CT molecular complexity index is 755. The number of likely N-dealkylation sites (tertiary alicyclic amines) is 1. The number of amides is 1. The lowest BCUT2D eigenvalue weighted by atomic mass is 10.0. The molecule has 27 heavy (non-hydrogen) atoms. The van der Waals surface area contributed by atoms with Gasteiger partial charge in [-0.3, -0.25) is 9.69 Å². The zero-order chi connectivity index (χ0) is 19.1. The number of hydrogen-bond acceptors (Lipinski definition) is 4. The molecule has 2 aromatic rings. The summed E-state index contributed by atoms with van der Waals surface area (Å²) in [7, 11) is 3.33. The van der Waals surface area contributed by atoms with E-state index in [4.69, 9.17) is 9.47 Å². The maximum Gasteiger partial charge on any atom is 0.224 e. The average Bonchev–Trinajstić information content (AvgIpc) is 2.70. The van der Waals surface area contributed by atoms with Crippen molar-refractivity contribution in [2.45, 2.75) is 31.8 Å². The Kier molecular flexibility index (Phi) is 6.71. The van der Waals surface area contributed by atoms with Crippen molar-refractivity contribution in [3.8, 4) is 11.5 Å². The van der Waals surface area contributed by atoms with Crippen molar-refractivity contribution in [2.24, 2.45) is 0 Å². The predicted molar refractivity (Wildman–Crippen MR) is 106 cm³/mol. The number of rotatable bonds is 7. The van der Waals surface area contributed by atoms with E-state index in [1.54, 1.807) is 14.2 Å². The van der Waals surface area contributed by atoms with Gasteiger partial charge in [0, 0.05) is 31.2 Å². The van der Waals surface area contributed by atoms with Crippen LogP contribution in [0.2, 0.25) is 0 Å². The quantitative estimate of drug-likeness (QED) is 0.816. The standard InChI is InChI=1S/C22H28N2O3/c1-26-20-8-5-6-17(14-20)16-24-12-10-19(11-13-24)23-22(25)15-18-7-3-4-9-21(18)27-2/h3-9,14,19H,10-13,15-16H2,1-2H3,(H,23,25). The molecule has 0 saturated carbocycles. The van der Waals surface area contributed by atoms with E-state index < -0.39 is 0 Å². The number of carbonyl (C=O) groups excluding carboxylic acids is 1. The number of benzene rings is 2. The van der Waals surface area contributed by atoms with E-state index in [1.165, 1.54) is 5.56 Å². The molecular formula is C22H28N2O3. The molecule has 1 N–H and O–H groups in total. The number of carbonyl (C=O) groups is 1. The van der Waals surface area contributed by atoms with Gasteiger partial charge in [0.1, 0.15) is 11.5 Å². The molecule has 0 radical (unpaired) electrons. The minimum Gasteiger partial charge on any atom is -0.497 e. The zero-order valence-electron chi connectivity index (χ0n) is 16.1. The van der Waals surface area contributed by atoms with E-state index in [-0.39, 0.29) is 11.9 Å². The van der Waals surface area contributed by atoms with Crippen LogP contribution in [0.5, 0.6) is 11.5 Å². The summed E-state index contributed by atoms with van der Waals surface area (Å²) in [5.74, 6) is 1.72. The van der Waals surface area contributed by atoms with E-state index in [2.05, 4.69) is 22.3 Å². The molecule has 3 rings (SSSR count). The average molecular weight is 368 g/mol. The Labute approximate surface area is 161 Å². The molecule has 1 aliphatic rings. The lowest BCUT2D eigenvalue weighted by molar-refractivity contribution is -0.121. The van der Waals surface area contributed by atoms with Gasteiger partial charge >= 0.3 is 0 Å². The van der Waals surface area contributed by atoms with Crippen molar-refractivity contribution in [1.29, 1.82) is 0 Å². The molecule has 1 heterocycles. The molecule has 5 heteroatoms. The summed E-state index contributed by atoms with van der Waals surface area (Å²) >= 11 is 0. The Morgan fingerprint density at radius 1 is 1.07 bits per heavy atom. The minimum absolute atomic E-state index is 0.0609. The molecule has 5 nitrogen and oxygen atoms in total. The third-order valence-corrected chi connectivity index (χ3v) is 5.04. The van der Waals surface area contributed by atoms with Crippen molar-refractivity contribution in [3.63, 3.8) is 0 Å². The van der Waals surface area contributed by atoms with Gasteiger partial charge in [-0.05, 0) is 36.6 Å². The van der Waals surface area contributed by atoms with Gasteiger partial charge in [0.25, 0.3) is 0 Å². The fraction of sp³-hybridized carbons (Fsp3) is 0.409. The number of methoxy groups -OCH3 is 2. The van der Waals surface area contributed by atoms with E-state index in [0.717, 1.165) is 49.5 Å². The predicted octanol–water partition coefficient (Wildman–Crippen LogP) is 3.03. The number of para-hydroxylation sites is 1. The molecule has 0 aromatic heterocycles. The van der Waals surface area contributed by atoms with E-state index >= 15 is 0 Å². The van der Waals surface area contributed by atoms with Gasteiger partial charge in [-0.2, -0.15) is 0 Å². The highest BCUT2D eigenvalue weighted by Gasteiger charge is 2.21. The summed E-state index contributed by atoms with van der Waals surface area (Å²) in [5.41, 5.74) is 2.18. The third kappa shape index (κ3) is 5.47. The highest BCUT2D eigenvalue weighted by Crippen LogP contribution is 2.19. The van der Waals surface area contributed by atoms with Gasteiger partial charge in [0.2, 0.25) is 5.91 Å². The SMILES string of the molecule is COc1cccc(CN2CCC(NC(=O)Cc3ccccc3OC)CC2)c1. The smallest absolute Gasteiger partial charge is 0.224 e. The first-order valence-electron chi connectivity index (χ1n) is 9.44. The molecule has 1 fully saturated rings. The summed E-state index contributed by atoms with van der Waals surface area (Å²) < 4.78 is 10.6. The first kappa shape index (κ1) is 19.2. The summed E-state index contributed by atoms with van der Waals surface area (Å²) in [5, 5.41) is 3.18. The van der Waals surface area contributed by atoms with Crippen molar-refractivity contribution in [2.75, 3.05) is 27.3 Å². The van der Waals surface area contributed by atoms with Crippen LogP contribution >= 0.6 is 0 Å². The van der Waals surface area contributed by atoms with E-state index in [0.29, 0.717) is 6.42 Å². The van der Waals surface area contributed by atoms with Crippen molar-refractivity contribution < 1.29 is 14.3 Å². The van der Waals surface area contributed by atoms with Crippen molar-refractivity contribution >= 4 is 5.91 Å². The van der Waals surface area contributed by atoms with Gasteiger partial charge in [-0.1, -0.05) is 30.3 Å². The first-order chi connectivity index (χ1) is 13.2. The largest absolute Gasteiger partial charge is 0.497 e. The van der Waals surface area contributed by atoms with Crippen LogP contribution in [0.15, 0.2) is 48.5 Å². The fourth-order valence-electron chi connectivity index (χ4n) is 3.57. The normalized spacial score (nSPS) is 15.3. The summed E-state index contributed by atoms with van der Waals surface area (Å²) in [4.78, 5) is 14.8. The zero-order valence-corrected chi connectivity index (χ0v) is 16.1. The molecular weight excluding hydrogens is 340 g/mol. The Morgan fingerprint density at radius 3 is 2.59 bits per heavy atom. The second-order valence-corrected chi connectivity index (χ2v) is 6.96. The minimum atomic E-state index is 0.0609. The van der Waals surface area contributed by atoms with Crippen LogP contribution in [0, 0.1) is 0 Å². The lowest BCUT2D eigenvalue weighted by Gasteiger charge is -2.32. The summed E-state index contributed by atoms with van der Waals surface area (Å²) in [6, 6.07) is 16.1. The van der Waals surface area contributed by atoms with Crippen LogP contribution in [0.3, 0.4) is 0 Å². The molecule has 0 unspecified atom stereocenters. The third-order valence-electron chi connectivity index (χ3n) is 5.04. The molecule has 0 spiro atoms. The monoisotopic (exact) mass is 368 g/mol. The molecule has 1 aliphatic heterocycles. The van der Waals surface area contributed by atoms with Crippen molar-refractivity contribution in [3.05, 3.63) is 59.7 Å². The van der Waals surface area contributed by atoms with E-state index in [9.17, 15) is 4.79 Å². The molecule has 1 amide bonds. The van der Waals surface area contributed by atoms with Gasteiger partial charge in [0.05, 0.1) is 20.6 Å². The van der Waals surface area contributed by atoms with Crippen LogP contribution in [0.4, 0.5) is 0 Å². The summed E-state index contributed by atoms with van der Waals surface area (Å²) in [6.07, 6.45) is 2.30. The number of nitrogens with one attached hydrogen (secondary N) is 1. The second kappa shape index (κ2) is 9.42. The first-order valence-corrected chi connectivity index (χ1v) is 9.44. The molecule has 144 valence electrons. The lowest BCUT2D eigenvalue weighted by Crippen LogP contribution is -2.44. The van der Waals surface area contributed by atoms with E-state index in [1.807, 2.05) is 36.4 Å². The van der Waals surface area contributed by atoms with Crippen LogP contribution < -0.4 is 14.8 Å². The Balaban J connectivity index is 1.45. The van der Waals surface area contributed by atoms with Crippen LogP contribution in [0.1, 0.15) is 24.0 Å². The number of piperidine rings is 1.